The monoisotopic (exact) mass is 415 g/mol. The summed E-state index contributed by atoms with van der Waals surface area (Å²) in [6.45, 7) is 10.3. The smallest absolute Gasteiger partial charge is 0.325 e. The first-order valence-electron chi connectivity index (χ1n) is 9.99. The molecule has 156 valence electrons. The van der Waals surface area contributed by atoms with E-state index < -0.39 is 11.6 Å². The van der Waals surface area contributed by atoms with Gasteiger partial charge in [0.05, 0.1) is 13.1 Å². The average Bonchev–Trinajstić information content (AvgIpc) is 3.32. The van der Waals surface area contributed by atoms with E-state index in [0.29, 0.717) is 24.4 Å². The summed E-state index contributed by atoms with van der Waals surface area (Å²) in [5.74, 6) is -0.100. The number of amides is 3. The van der Waals surface area contributed by atoms with Crippen molar-refractivity contribution in [2.45, 2.75) is 59.5 Å². The van der Waals surface area contributed by atoms with Gasteiger partial charge in [0.15, 0.2) is 5.78 Å². The predicted molar refractivity (Wildman–Crippen MR) is 114 cm³/mol. The standard InChI is InChI=1S/C22H29N3O3S/c1-14(2)8-9-22(5)20(27)25(21(28)23-22)13-19(26)18-11-15(3)24(16(18)4)12-17-7-6-10-29-17/h6-7,10-11,14H,8-9,12-13H2,1-5H3,(H,23,28). The van der Waals surface area contributed by atoms with Crippen LogP contribution in [-0.2, 0) is 11.3 Å². The van der Waals surface area contributed by atoms with E-state index in [-0.39, 0.29) is 18.2 Å². The largest absolute Gasteiger partial charge is 0.343 e. The lowest BCUT2D eigenvalue weighted by molar-refractivity contribution is -0.130. The van der Waals surface area contributed by atoms with Crippen molar-refractivity contribution in [2.75, 3.05) is 6.54 Å². The molecule has 3 amide bonds. The van der Waals surface area contributed by atoms with Crippen LogP contribution in [0.3, 0.4) is 0 Å². The minimum absolute atomic E-state index is 0.216. The molecular weight excluding hydrogens is 386 g/mol. The number of aryl methyl sites for hydroxylation is 1. The van der Waals surface area contributed by atoms with Crippen LogP contribution in [0.25, 0.3) is 0 Å². The third-order valence-corrected chi connectivity index (χ3v) is 6.50. The Labute approximate surface area is 175 Å². The molecule has 6 nitrogen and oxygen atoms in total. The predicted octanol–water partition coefficient (Wildman–Crippen LogP) is 4.14. The molecule has 7 heteroatoms. The summed E-state index contributed by atoms with van der Waals surface area (Å²) in [5, 5.41) is 4.82. The zero-order valence-corrected chi connectivity index (χ0v) is 18.6. The van der Waals surface area contributed by atoms with Gasteiger partial charge >= 0.3 is 6.03 Å². The highest BCUT2D eigenvalue weighted by Gasteiger charge is 2.48. The molecule has 1 aliphatic rings. The SMILES string of the molecule is Cc1cc(C(=O)CN2C(=O)NC(C)(CCC(C)C)C2=O)c(C)n1Cc1cccs1. The van der Waals surface area contributed by atoms with Crippen LogP contribution in [0.2, 0.25) is 0 Å². The summed E-state index contributed by atoms with van der Waals surface area (Å²) in [6.07, 6.45) is 1.39. The number of aromatic nitrogens is 1. The van der Waals surface area contributed by atoms with Gasteiger partial charge in [0, 0.05) is 21.8 Å². The maximum Gasteiger partial charge on any atom is 0.325 e. The quantitative estimate of drug-likeness (QED) is 0.520. The Kier molecular flexibility index (Phi) is 5.98. The van der Waals surface area contributed by atoms with Crippen LogP contribution >= 0.6 is 11.3 Å². The normalized spacial score (nSPS) is 19.3. The van der Waals surface area contributed by atoms with E-state index in [1.54, 1.807) is 18.3 Å². The van der Waals surface area contributed by atoms with Gasteiger partial charge in [0.2, 0.25) is 0 Å². The zero-order valence-electron chi connectivity index (χ0n) is 17.7. The number of urea groups is 1. The van der Waals surface area contributed by atoms with Gasteiger partial charge in [-0.25, -0.2) is 4.79 Å². The summed E-state index contributed by atoms with van der Waals surface area (Å²) in [6, 6.07) is 5.44. The molecule has 29 heavy (non-hydrogen) atoms. The van der Waals surface area contributed by atoms with Crippen molar-refractivity contribution in [3.05, 3.63) is 45.4 Å². The first-order chi connectivity index (χ1) is 13.6. The van der Waals surface area contributed by atoms with Gasteiger partial charge in [-0.1, -0.05) is 19.9 Å². The van der Waals surface area contributed by atoms with Crippen LogP contribution in [0.5, 0.6) is 0 Å². The van der Waals surface area contributed by atoms with E-state index >= 15 is 0 Å². The topological polar surface area (TPSA) is 71.4 Å². The van der Waals surface area contributed by atoms with Gasteiger partial charge in [-0.15, -0.1) is 11.3 Å². The fourth-order valence-corrected chi connectivity index (χ4v) is 4.44. The Hall–Kier alpha value is -2.41. The van der Waals surface area contributed by atoms with Gasteiger partial charge in [-0.05, 0) is 57.0 Å². The summed E-state index contributed by atoms with van der Waals surface area (Å²) < 4.78 is 2.09. The number of thiophene rings is 1. The van der Waals surface area contributed by atoms with Gasteiger partial charge < -0.3 is 9.88 Å². The summed E-state index contributed by atoms with van der Waals surface area (Å²) in [7, 11) is 0. The fourth-order valence-electron chi connectivity index (χ4n) is 3.75. The van der Waals surface area contributed by atoms with E-state index in [4.69, 9.17) is 0 Å². The number of Topliss-reactive ketones (excluding diaryl/α,β-unsaturated/α-hetero) is 1. The summed E-state index contributed by atoms with van der Waals surface area (Å²) in [5.41, 5.74) is 1.47. The lowest BCUT2D eigenvalue weighted by Gasteiger charge is -2.22. The minimum Gasteiger partial charge on any atom is -0.343 e. The van der Waals surface area contributed by atoms with E-state index in [9.17, 15) is 14.4 Å². The molecule has 2 aromatic heterocycles. The highest BCUT2D eigenvalue weighted by molar-refractivity contribution is 7.09. The van der Waals surface area contributed by atoms with Crippen molar-refractivity contribution < 1.29 is 14.4 Å². The number of ketones is 1. The molecule has 1 fully saturated rings. The second kappa shape index (κ2) is 8.14. The van der Waals surface area contributed by atoms with Crippen molar-refractivity contribution in [1.29, 1.82) is 0 Å². The molecule has 1 unspecified atom stereocenters. The Morgan fingerprint density at radius 1 is 1.28 bits per heavy atom. The summed E-state index contributed by atoms with van der Waals surface area (Å²) in [4.78, 5) is 40.5. The highest BCUT2D eigenvalue weighted by Crippen LogP contribution is 2.26. The first kappa shape index (κ1) is 21.3. The summed E-state index contributed by atoms with van der Waals surface area (Å²) >= 11 is 1.67. The lowest BCUT2D eigenvalue weighted by atomic mass is 9.92. The van der Waals surface area contributed by atoms with Crippen molar-refractivity contribution in [3.8, 4) is 0 Å². The fraction of sp³-hybridized carbons (Fsp3) is 0.500. The number of carbonyl (C=O) groups excluding carboxylic acids is 3. The minimum atomic E-state index is -0.933. The van der Waals surface area contributed by atoms with Crippen LogP contribution in [0.1, 0.15) is 60.2 Å². The van der Waals surface area contributed by atoms with Crippen LogP contribution in [-0.4, -0.2) is 39.3 Å². The Balaban J connectivity index is 1.75. The Morgan fingerprint density at radius 2 is 2.00 bits per heavy atom. The maximum atomic E-state index is 13.0. The third-order valence-electron chi connectivity index (χ3n) is 5.64. The molecule has 1 aliphatic heterocycles. The molecule has 2 aromatic rings. The van der Waals surface area contributed by atoms with E-state index in [1.165, 1.54) is 4.88 Å². The molecule has 0 saturated carbocycles. The number of imide groups is 1. The third kappa shape index (κ3) is 4.29. The second-order valence-electron chi connectivity index (χ2n) is 8.46. The average molecular weight is 416 g/mol. The van der Waals surface area contributed by atoms with Crippen molar-refractivity contribution >= 4 is 29.1 Å². The van der Waals surface area contributed by atoms with Gasteiger partial charge in [0.1, 0.15) is 5.54 Å². The van der Waals surface area contributed by atoms with Crippen LogP contribution < -0.4 is 5.32 Å². The molecule has 3 rings (SSSR count). The molecule has 0 aliphatic carbocycles. The molecule has 0 spiro atoms. The molecule has 1 atom stereocenters. The molecular formula is C22H29N3O3S. The van der Waals surface area contributed by atoms with Crippen molar-refractivity contribution in [1.82, 2.24) is 14.8 Å². The lowest BCUT2D eigenvalue weighted by Crippen LogP contribution is -2.44. The number of hydrogen-bond donors (Lipinski definition) is 1. The zero-order chi connectivity index (χ0) is 21.3. The molecule has 3 heterocycles. The van der Waals surface area contributed by atoms with Crippen molar-refractivity contribution in [3.63, 3.8) is 0 Å². The van der Waals surface area contributed by atoms with Crippen LogP contribution in [0, 0.1) is 19.8 Å². The Bertz CT molecular complexity index is 930. The molecule has 0 bridgehead atoms. The Morgan fingerprint density at radius 3 is 2.62 bits per heavy atom. The molecule has 1 N–H and O–H groups in total. The molecule has 1 saturated heterocycles. The van der Waals surface area contributed by atoms with E-state index in [2.05, 4.69) is 29.8 Å². The van der Waals surface area contributed by atoms with Gasteiger partial charge in [-0.3, -0.25) is 14.5 Å². The number of rotatable bonds is 8. The van der Waals surface area contributed by atoms with Crippen LogP contribution in [0.4, 0.5) is 4.79 Å². The van der Waals surface area contributed by atoms with E-state index in [1.807, 2.05) is 31.4 Å². The van der Waals surface area contributed by atoms with Gasteiger partial charge in [-0.2, -0.15) is 0 Å². The van der Waals surface area contributed by atoms with E-state index in [0.717, 1.165) is 22.7 Å². The number of nitrogens with one attached hydrogen (secondary N) is 1. The highest BCUT2D eigenvalue weighted by atomic mass is 32.1. The second-order valence-corrected chi connectivity index (χ2v) is 9.49. The first-order valence-corrected chi connectivity index (χ1v) is 10.9. The molecule has 0 aromatic carbocycles. The number of nitrogens with zero attached hydrogens (tertiary/aromatic N) is 2. The van der Waals surface area contributed by atoms with Crippen LogP contribution in [0.15, 0.2) is 23.6 Å². The maximum absolute atomic E-state index is 13.0. The number of carbonyl (C=O) groups is 3. The molecule has 0 radical (unpaired) electrons. The van der Waals surface area contributed by atoms with Crippen molar-refractivity contribution in [2.24, 2.45) is 5.92 Å². The van der Waals surface area contributed by atoms with Gasteiger partial charge in [0.25, 0.3) is 5.91 Å². The number of hydrogen-bond acceptors (Lipinski definition) is 4.